The van der Waals surface area contributed by atoms with Crippen molar-refractivity contribution in [2.45, 2.75) is 38.2 Å². The molecule has 1 unspecified atom stereocenters. The summed E-state index contributed by atoms with van der Waals surface area (Å²) in [5, 5.41) is 1.99. The van der Waals surface area contributed by atoms with Crippen molar-refractivity contribution in [2.75, 3.05) is 0 Å². The Morgan fingerprint density at radius 3 is 2.23 bits per heavy atom. The van der Waals surface area contributed by atoms with Gasteiger partial charge in [0.2, 0.25) is 0 Å². The summed E-state index contributed by atoms with van der Waals surface area (Å²) in [5.41, 5.74) is -1.79. The van der Waals surface area contributed by atoms with Crippen LogP contribution in [-0.2, 0) is 34.7 Å². The molecule has 0 bridgehead atoms. The summed E-state index contributed by atoms with van der Waals surface area (Å²) >= 11 is 0. The van der Waals surface area contributed by atoms with Gasteiger partial charge in [-0.2, -0.15) is 26.3 Å². The van der Waals surface area contributed by atoms with Crippen molar-refractivity contribution < 1.29 is 45.4 Å². The van der Waals surface area contributed by atoms with Gasteiger partial charge in [0.05, 0.1) is 11.1 Å². The highest BCUT2D eigenvalue weighted by molar-refractivity contribution is 6.00. The molecular weight excluding hydrogens is 432 g/mol. The van der Waals surface area contributed by atoms with Crippen LogP contribution in [0.1, 0.15) is 29.2 Å². The zero-order chi connectivity index (χ0) is 23.0. The highest BCUT2D eigenvalue weighted by Crippen LogP contribution is 2.42. The number of hydrogen-bond donors (Lipinski definition) is 1. The van der Waals surface area contributed by atoms with Crippen LogP contribution < -0.4 is 10.1 Å². The van der Waals surface area contributed by atoms with Crippen LogP contribution in [0.5, 0.6) is 11.5 Å². The molecule has 0 aliphatic carbocycles. The van der Waals surface area contributed by atoms with Crippen LogP contribution in [0.4, 0.5) is 31.1 Å². The van der Waals surface area contributed by atoms with Gasteiger partial charge in [0.25, 0.3) is 5.91 Å². The predicted octanol–water partition coefficient (Wildman–Crippen LogP) is 5.26. The molecule has 1 N–H and O–H groups in total. The highest BCUT2D eigenvalue weighted by Gasteiger charge is 2.39. The van der Waals surface area contributed by atoms with E-state index in [1.165, 1.54) is 18.2 Å². The molecule has 0 spiro atoms. The second-order valence-electron chi connectivity index (χ2n) is 6.68. The van der Waals surface area contributed by atoms with Crippen molar-refractivity contribution in [3.05, 3.63) is 58.7 Å². The van der Waals surface area contributed by atoms with Crippen LogP contribution in [0.15, 0.2) is 36.4 Å². The molecule has 0 saturated carbocycles. The van der Waals surface area contributed by atoms with Gasteiger partial charge in [-0.25, -0.2) is 4.79 Å². The molecule has 11 heteroatoms. The van der Waals surface area contributed by atoms with Gasteiger partial charge in [0.15, 0.2) is 6.10 Å². The summed E-state index contributed by atoms with van der Waals surface area (Å²) in [6.45, 7) is 1.75. The number of hydrogen-bond acceptors (Lipinski definition) is 4. The Hall–Kier alpha value is -3.24. The number of alkyl halides is 6. The number of carbonyl (C=O) groups excluding carboxylic acids is 2. The van der Waals surface area contributed by atoms with Crippen molar-refractivity contribution in [3.63, 3.8) is 0 Å². The first-order valence-corrected chi connectivity index (χ1v) is 8.98. The lowest BCUT2D eigenvalue weighted by Gasteiger charge is -2.17. The molecule has 1 aliphatic heterocycles. The number of amides is 2. The molecule has 0 aromatic heterocycles. The number of cyclic esters (lactones) is 1. The SMILES string of the molecule is CCc1cc(Oc2ccc(C(F)(F)F)cc2C(F)(F)F)ccc1CC1OC(=O)NC1=O. The fourth-order valence-electron chi connectivity index (χ4n) is 3.07. The quantitative estimate of drug-likeness (QED) is 0.636. The average molecular weight is 447 g/mol. The zero-order valence-corrected chi connectivity index (χ0v) is 15.9. The van der Waals surface area contributed by atoms with Crippen molar-refractivity contribution in [3.8, 4) is 11.5 Å². The predicted molar refractivity (Wildman–Crippen MR) is 94.5 cm³/mol. The molecule has 2 aromatic rings. The molecule has 1 heterocycles. The standard InChI is InChI=1S/C20H15F6NO4/c1-2-10-7-13(5-3-11(10)8-16-17(28)27-18(29)31-16)30-15-6-4-12(19(21,22)23)9-14(15)20(24,25)26/h3-7,9,16H,2,8H2,1H3,(H,27,28,29). The maximum atomic E-state index is 13.3. The Bertz CT molecular complexity index is 1020. The molecule has 166 valence electrons. The van der Waals surface area contributed by atoms with Crippen LogP contribution in [0.3, 0.4) is 0 Å². The Balaban J connectivity index is 1.89. The van der Waals surface area contributed by atoms with Crippen LogP contribution in [0.25, 0.3) is 0 Å². The highest BCUT2D eigenvalue weighted by atomic mass is 19.4. The van der Waals surface area contributed by atoms with Gasteiger partial charge in [-0.05, 0) is 47.9 Å². The van der Waals surface area contributed by atoms with E-state index in [0.29, 0.717) is 29.7 Å². The monoisotopic (exact) mass is 447 g/mol. The number of rotatable bonds is 5. The minimum Gasteiger partial charge on any atom is -0.457 e. The molecule has 1 fully saturated rings. The molecule has 3 rings (SSSR count). The van der Waals surface area contributed by atoms with E-state index in [2.05, 4.69) is 0 Å². The van der Waals surface area contributed by atoms with Gasteiger partial charge in [-0.3, -0.25) is 10.1 Å². The normalized spacial score (nSPS) is 16.8. The van der Waals surface area contributed by atoms with Gasteiger partial charge in [-0.1, -0.05) is 13.0 Å². The number of carbonyl (C=O) groups is 2. The van der Waals surface area contributed by atoms with Crippen LogP contribution >= 0.6 is 0 Å². The van der Waals surface area contributed by atoms with E-state index in [-0.39, 0.29) is 18.2 Å². The largest absolute Gasteiger partial charge is 0.457 e. The van der Waals surface area contributed by atoms with Crippen molar-refractivity contribution >= 4 is 12.0 Å². The second-order valence-corrected chi connectivity index (χ2v) is 6.68. The molecule has 2 amide bonds. The van der Waals surface area contributed by atoms with Crippen molar-refractivity contribution in [1.82, 2.24) is 5.32 Å². The molecule has 1 aliphatic rings. The smallest absolute Gasteiger partial charge is 0.420 e. The van der Waals surface area contributed by atoms with Gasteiger partial charge in [0, 0.05) is 6.42 Å². The maximum Gasteiger partial charge on any atom is 0.420 e. The maximum absolute atomic E-state index is 13.3. The molecule has 1 saturated heterocycles. The van der Waals surface area contributed by atoms with Gasteiger partial charge in [-0.15, -0.1) is 0 Å². The van der Waals surface area contributed by atoms with Crippen molar-refractivity contribution in [2.24, 2.45) is 0 Å². The lowest BCUT2D eigenvalue weighted by molar-refractivity contribution is -0.143. The van der Waals surface area contributed by atoms with Gasteiger partial charge in [0.1, 0.15) is 11.5 Å². The van der Waals surface area contributed by atoms with E-state index in [4.69, 9.17) is 9.47 Å². The fourth-order valence-corrected chi connectivity index (χ4v) is 3.07. The number of benzene rings is 2. The third-order valence-corrected chi connectivity index (χ3v) is 4.57. The molecular formula is C20H15F6NO4. The van der Waals surface area contributed by atoms with Crippen LogP contribution in [0, 0.1) is 0 Å². The number of alkyl carbamates (subject to hydrolysis) is 1. The number of aryl methyl sites for hydroxylation is 1. The van der Waals surface area contributed by atoms with E-state index in [1.807, 2.05) is 5.32 Å². The number of halogens is 6. The fraction of sp³-hybridized carbons (Fsp3) is 0.300. The molecule has 1 atom stereocenters. The van der Waals surface area contributed by atoms with Crippen LogP contribution in [0.2, 0.25) is 0 Å². The lowest BCUT2D eigenvalue weighted by atomic mass is 9.99. The summed E-state index contributed by atoms with van der Waals surface area (Å²) < 4.78 is 88.4. The third-order valence-electron chi connectivity index (χ3n) is 4.57. The molecule has 31 heavy (non-hydrogen) atoms. The first-order valence-electron chi connectivity index (χ1n) is 8.98. The lowest BCUT2D eigenvalue weighted by Crippen LogP contribution is -2.26. The number of imide groups is 1. The molecule has 2 aromatic carbocycles. The van der Waals surface area contributed by atoms with E-state index in [1.54, 1.807) is 6.92 Å². The van der Waals surface area contributed by atoms with E-state index in [0.717, 1.165) is 0 Å². The van der Waals surface area contributed by atoms with E-state index in [9.17, 15) is 35.9 Å². The summed E-state index contributed by atoms with van der Waals surface area (Å²) in [4.78, 5) is 22.8. The first-order chi connectivity index (χ1) is 14.4. The zero-order valence-electron chi connectivity index (χ0n) is 15.9. The van der Waals surface area contributed by atoms with E-state index >= 15 is 0 Å². The molecule has 0 radical (unpaired) electrons. The Morgan fingerprint density at radius 2 is 1.68 bits per heavy atom. The minimum atomic E-state index is -5.07. The second kappa shape index (κ2) is 8.12. The first kappa shape index (κ1) is 22.4. The Kier molecular flexibility index (Phi) is 5.88. The van der Waals surface area contributed by atoms with E-state index < -0.39 is 47.3 Å². The number of nitrogens with one attached hydrogen (secondary N) is 1. The summed E-state index contributed by atoms with van der Waals surface area (Å²) in [6.07, 6.45) is -11.4. The molecule has 5 nitrogen and oxygen atoms in total. The Morgan fingerprint density at radius 1 is 0.968 bits per heavy atom. The average Bonchev–Trinajstić information content (AvgIpc) is 2.98. The number of ether oxygens (including phenoxy) is 2. The van der Waals surface area contributed by atoms with Gasteiger partial charge >= 0.3 is 18.4 Å². The Labute approximate surface area is 171 Å². The minimum absolute atomic E-state index is 0.00249. The van der Waals surface area contributed by atoms with Crippen molar-refractivity contribution in [1.29, 1.82) is 0 Å². The van der Waals surface area contributed by atoms with Gasteiger partial charge < -0.3 is 9.47 Å². The summed E-state index contributed by atoms with van der Waals surface area (Å²) in [5.74, 6) is -1.41. The van der Waals surface area contributed by atoms with Crippen LogP contribution in [-0.4, -0.2) is 18.1 Å². The topological polar surface area (TPSA) is 64.6 Å². The third kappa shape index (κ3) is 5.09. The summed E-state index contributed by atoms with van der Waals surface area (Å²) in [7, 11) is 0. The summed E-state index contributed by atoms with van der Waals surface area (Å²) in [6, 6.07) is 5.35.